The molecule has 2 unspecified atom stereocenters. The number of hydrogen-bond donors (Lipinski definition) is 2. The number of nitrogens with zero attached hydrogens (tertiary/aromatic N) is 3. The third-order valence-corrected chi connectivity index (χ3v) is 4.61. The summed E-state index contributed by atoms with van der Waals surface area (Å²) >= 11 is 0. The van der Waals surface area contributed by atoms with Gasteiger partial charge in [0.05, 0.1) is 18.0 Å². The number of carboxylic acid groups (broad SMARTS) is 1. The molecule has 1 aromatic heterocycles. The molecule has 6 nitrogen and oxygen atoms in total. The van der Waals surface area contributed by atoms with E-state index in [-0.39, 0.29) is 11.6 Å². The Morgan fingerprint density at radius 1 is 1.30 bits per heavy atom. The first-order chi connectivity index (χ1) is 9.58. The van der Waals surface area contributed by atoms with Gasteiger partial charge in [-0.25, -0.2) is 14.8 Å². The van der Waals surface area contributed by atoms with E-state index in [1.807, 2.05) is 0 Å². The van der Waals surface area contributed by atoms with E-state index in [1.165, 1.54) is 18.8 Å². The first kappa shape index (κ1) is 13.3. The molecule has 3 rings (SSSR count). The quantitative estimate of drug-likeness (QED) is 0.847. The Bertz CT molecular complexity index is 505. The summed E-state index contributed by atoms with van der Waals surface area (Å²) in [6, 6.07) is 0. The lowest BCUT2D eigenvalue weighted by atomic mass is 9.71. The highest BCUT2D eigenvalue weighted by molar-refractivity contribution is 5.84. The van der Waals surface area contributed by atoms with E-state index >= 15 is 0 Å². The first-order valence-corrected chi connectivity index (χ1v) is 7.11. The van der Waals surface area contributed by atoms with Crippen LogP contribution in [-0.2, 0) is 0 Å². The molecule has 108 valence electrons. The van der Waals surface area contributed by atoms with E-state index in [9.17, 15) is 9.90 Å². The molecular formula is C14H19N3O3. The Kier molecular flexibility index (Phi) is 3.33. The zero-order valence-electron chi connectivity index (χ0n) is 11.3. The molecule has 1 aromatic rings. The van der Waals surface area contributed by atoms with Crippen LogP contribution < -0.4 is 4.90 Å². The van der Waals surface area contributed by atoms with Crippen LogP contribution in [0, 0.1) is 5.92 Å². The minimum absolute atomic E-state index is 0.0417. The Balaban J connectivity index is 1.74. The van der Waals surface area contributed by atoms with Crippen LogP contribution in [0.25, 0.3) is 0 Å². The fraction of sp³-hybridized carbons (Fsp3) is 0.643. The maximum Gasteiger partial charge on any atom is 0.356 e. The number of piperidine rings is 1. The molecule has 0 aromatic carbocycles. The minimum atomic E-state index is -1.07. The van der Waals surface area contributed by atoms with Crippen molar-refractivity contribution in [3.8, 4) is 0 Å². The first-order valence-electron chi connectivity index (χ1n) is 7.11. The SMILES string of the molecule is O=C(O)c1cnc(N2CCC3(O)CCCCC3C2)cn1. The number of anilines is 1. The van der Waals surface area contributed by atoms with E-state index in [2.05, 4.69) is 14.9 Å². The molecule has 0 spiro atoms. The van der Waals surface area contributed by atoms with Crippen molar-refractivity contribution in [1.82, 2.24) is 9.97 Å². The number of aromatic carboxylic acids is 1. The monoisotopic (exact) mass is 277 g/mol. The molecular weight excluding hydrogens is 258 g/mol. The van der Waals surface area contributed by atoms with E-state index in [0.29, 0.717) is 5.82 Å². The highest BCUT2D eigenvalue weighted by Gasteiger charge is 2.42. The minimum Gasteiger partial charge on any atom is -0.476 e. The summed E-state index contributed by atoms with van der Waals surface area (Å²) in [4.78, 5) is 21.0. The van der Waals surface area contributed by atoms with E-state index in [0.717, 1.165) is 38.8 Å². The smallest absolute Gasteiger partial charge is 0.356 e. The summed E-state index contributed by atoms with van der Waals surface area (Å²) in [5, 5.41) is 19.5. The fourth-order valence-electron chi connectivity index (χ4n) is 3.37. The molecule has 2 aliphatic rings. The Morgan fingerprint density at radius 2 is 2.15 bits per heavy atom. The van der Waals surface area contributed by atoms with Crippen LogP contribution in [0.1, 0.15) is 42.6 Å². The average Bonchev–Trinajstić information content (AvgIpc) is 2.46. The number of rotatable bonds is 2. The van der Waals surface area contributed by atoms with Crippen LogP contribution in [0.2, 0.25) is 0 Å². The van der Waals surface area contributed by atoms with Crippen molar-refractivity contribution in [2.24, 2.45) is 5.92 Å². The summed E-state index contributed by atoms with van der Waals surface area (Å²) in [5.41, 5.74) is -0.552. The van der Waals surface area contributed by atoms with Crippen molar-refractivity contribution in [2.45, 2.75) is 37.7 Å². The lowest BCUT2D eigenvalue weighted by Crippen LogP contribution is -2.53. The van der Waals surface area contributed by atoms with E-state index < -0.39 is 11.6 Å². The molecule has 1 saturated heterocycles. The summed E-state index contributed by atoms with van der Waals surface area (Å²) < 4.78 is 0. The lowest BCUT2D eigenvalue weighted by Gasteiger charge is -2.47. The lowest BCUT2D eigenvalue weighted by molar-refractivity contribution is -0.0613. The Morgan fingerprint density at radius 3 is 2.85 bits per heavy atom. The molecule has 0 amide bonds. The third kappa shape index (κ3) is 2.35. The molecule has 2 fully saturated rings. The second-order valence-electron chi connectivity index (χ2n) is 5.81. The fourth-order valence-corrected chi connectivity index (χ4v) is 3.37. The molecule has 2 N–H and O–H groups in total. The maximum atomic E-state index is 10.8. The van der Waals surface area contributed by atoms with Gasteiger partial charge >= 0.3 is 5.97 Å². The van der Waals surface area contributed by atoms with Gasteiger partial charge in [-0.15, -0.1) is 0 Å². The molecule has 20 heavy (non-hydrogen) atoms. The number of hydrogen-bond acceptors (Lipinski definition) is 5. The zero-order chi connectivity index (χ0) is 14.2. The summed E-state index contributed by atoms with van der Waals surface area (Å²) in [6.45, 7) is 1.52. The van der Waals surface area contributed by atoms with Gasteiger partial charge in [0.2, 0.25) is 0 Å². The number of aliphatic hydroxyl groups is 1. The van der Waals surface area contributed by atoms with Gasteiger partial charge in [0.25, 0.3) is 0 Å². The van der Waals surface area contributed by atoms with Gasteiger partial charge in [-0.05, 0) is 19.3 Å². The van der Waals surface area contributed by atoms with Crippen LogP contribution >= 0.6 is 0 Å². The number of carbonyl (C=O) groups is 1. The highest BCUT2D eigenvalue weighted by Crippen LogP contribution is 2.40. The number of carboxylic acids is 1. The maximum absolute atomic E-state index is 10.8. The van der Waals surface area contributed by atoms with Crippen LogP contribution in [0.3, 0.4) is 0 Å². The molecule has 1 aliphatic heterocycles. The van der Waals surface area contributed by atoms with Gasteiger partial charge in [0.1, 0.15) is 5.82 Å². The van der Waals surface area contributed by atoms with Gasteiger partial charge < -0.3 is 15.1 Å². The standard InChI is InChI=1S/C14H19N3O3/c18-13(19)11-7-16-12(8-15-11)17-6-5-14(20)4-2-1-3-10(14)9-17/h7-8,10,20H,1-6,9H2,(H,18,19). The van der Waals surface area contributed by atoms with E-state index in [1.54, 1.807) is 0 Å². The topological polar surface area (TPSA) is 86.5 Å². The van der Waals surface area contributed by atoms with Gasteiger partial charge in [-0.3, -0.25) is 0 Å². The van der Waals surface area contributed by atoms with Crippen molar-refractivity contribution in [2.75, 3.05) is 18.0 Å². The van der Waals surface area contributed by atoms with Crippen molar-refractivity contribution in [1.29, 1.82) is 0 Å². The molecule has 2 atom stereocenters. The zero-order valence-corrected chi connectivity index (χ0v) is 11.3. The summed E-state index contributed by atoms with van der Waals surface area (Å²) in [6.07, 6.45) is 7.78. The van der Waals surface area contributed by atoms with Crippen molar-refractivity contribution < 1.29 is 15.0 Å². The second kappa shape index (κ2) is 5.01. The normalized spacial score (nSPS) is 29.9. The van der Waals surface area contributed by atoms with Gasteiger partial charge in [0, 0.05) is 19.0 Å². The predicted octanol–water partition coefficient (Wildman–Crippen LogP) is 1.31. The molecule has 1 saturated carbocycles. The molecule has 0 bridgehead atoms. The van der Waals surface area contributed by atoms with Crippen LogP contribution in [0.15, 0.2) is 12.4 Å². The van der Waals surface area contributed by atoms with Gasteiger partial charge in [-0.1, -0.05) is 12.8 Å². The van der Waals surface area contributed by atoms with Crippen LogP contribution in [0.5, 0.6) is 0 Å². The summed E-state index contributed by atoms with van der Waals surface area (Å²) in [7, 11) is 0. The Hall–Kier alpha value is -1.69. The average molecular weight is 277 g/mol. The van der Waals surface area contributed by atoms with Crippen molar-refractivity contribution >= 4 is 11.8 Å². The van der Waals surface area contributed by atoms with Gasteiger partial charge in [-0.2, -0.15) is 0 Å². The summed E-state index contributed by atoms with van der Waals surface area (Å²) in [5.74, 6) is -0.0853. The third-order valence-electron chi connectivity index (χ3n) is 4.61. The predicted molar refractivity (Wildman–Crippen MR) is 72.7 cm³/mol. The van der Waals surface area contributed by atoms with E-state index in [4.69, 9.17) is 5.11 Å². The Labute approximate surface area is 117 Å². The largest absolute Gasteiger partial charge is 0.476 e. The molecule has 0 radical (unpaired) electrons. The molecule has 1 aliphatic carbocycles. The molecule has 2 heterocycles. The number of fused-ring (bicyclic) bond motifs is 1. The van der Waals surface area contributed by atoms with Crippen molar-refractivity contribution in [3.63, 3.8) is 0 Å². The number of aromatic nitrogens is 2. The highest BCUT2D eigenvalue weighted by atomic mass is 16.4. The van der Waals surface area contributed by atoms with Gasteiger partial charge in [0.15, 0.2) is 5.69 Å². The van der Waals surface area contributed by atoms with Crippen molar-refractivity contribution in [3.05, 3.63) is 18.1 Å². The van der Waals surface area contributed by atoms with Crippen LogP contribution in [-0.4, -0.2) is 44.8 Å². The van der Waals surface area contributed by atoms with Crippen LogP contribution in [0.4, 0.5) is 5.82 Å². The second-order valence-corrected chi connectivity index (χ2v) is 5.81. The molecule has 6 heteroatoms.